The van der Waals surface area contributed by atoms with Gasteiger partial charge in [0.25, 0.3) is 5.91 Å². The molecule has 1 aromatic heterocycles. The molecule has 2 aliphatic rings. The van der Waals surface area contributed by atoms with Crippen molar-refractivity contribution in [1.29, 1.82) is 0 Å². The molecule has 250 valence electrons. The highest BCUT2D eigenvalue weighted by Gasteiger charge is 2.32. The van der Waals surface area contributed by atoms with Crippen LogP contribution in [-0.2, 0) is 28.6 Å². The predicted molar refractivity (Wildman–Crippen MR) is 168 cm³/mol. The number of esters is 1. The topological polar surface area (TPSA) is 153 Å². The van der Waals surface area contributed by atoms with E-state index in [1.807, 2.05) is 35.2 Å². The van der Waals surface area contributed by atoms with E-state index in [4.69, 9.17) is 24.0 Å². The Balaban J connectivity index is 1.54. The molecule has 2 atom stereocenters. The molecule has 14 heteroatoms. The third kappa shape index (κ3) is 9.85. The molecule has 14 nitrogen and oxygen atoms in total. The van der Waals surface area contributed by atoms with Crippen molar-refractivity contribution in [2.75, 3.05) is 57.9 Å². The van der Waals surface area contributed by atoms with Crippen molar-refractivity contribution in [3.05, 3.63) is 42.1 Å². The van der Waals surface area contributed by atoms with E-state index in [2.05, 4.69) is 10.3 Å². The number of hydrogen-bond donors (Lipinski definition) is 1. The summed E-state index contributed by atoms with van der Waals surface area (Å²) in [6, 6.07) is 9.91. The zero-order valence-corrected chi connectivity index (χ0v) is 27.2. The van der Waals surface area contributed by atoms with Crippen LogP contribution in [0, 0.1) is 0 Å². The molecule has 2 amide bonds. The summed E-state index contributed by atoms with van der Waals surface area (Å²) in [6.45, 7) is 9.46. The molecule has 0 radical (unpaired) electrons. The van der Waals surface area contributed by atoms with Gasteiger partial charge in [-0.25, -0.2) is 14.8 Å². The van der Waals surface area contributed by atoms with Crippen LogP contribution in [0.25, 0.3) is 11.4 Å². The Morgan fingerprint density at radius 3 is 2.37 bits per heavy atom. The summed E-state index contributed by atoms with van der Waals surface area (Å²) >= 11 is 0. The molecule has 2 aromatic rings. The fourth-order valence-electron chi connectivity index (χ4n) is 5.17. The number of amides is 2. The Hall–Kier alpha value is -4.30. The maximum Gasteiger partial charge on any atom is 0.527 e. The first kappa shape index (κ1) is 34.6. The fraction of sp³-hybridized carbons (Fsp3) is 0.562. The van der Waals surface area contributed by atoms with Crippen LogP contribution in [0.2, 0.25) is 0 Å². The predicted octanol–water partition coefficient (Wildman–Crippen LogP) is 2.82. The number of carbonyl (C=O) groups excluding carboxylic acids is 4. The van der Waals surface area contributed by atoms with Crippen LogP contribution in [0.4, 0.5) is 10.6 Å². The van der Waals surface area contributed by atoms with Crippen LogP contribution in [0.5, 0.6) is 0 Å². The van der Waals surface area contributed by atoms with Crippen molar-refractivity contribution in [2.45, 2.75) is 64.7 Å². The van der Waals surface area contributed by atoms with E-state index in [1.54, 1.807) is 45.8 Å². The van der Waals surface area contributed by atoms with E-state index < -0.39 is 29.7 Å². The van der Waals surface area contributed by atoms with Gasteiger partial charge >= 0.3 is 12.1 Å². The van der Waals surface area contributed by atoms with Crippen molar-refractivity contribution in [3.63, 3.8) is 0 Å². The number of piperazine rings is 1. The third-order valence-corrected chi connectivity index (χ3v) is 7.46. The van der Waals surface area contributed by atoms with Crippen molar-refractivity contribution in [1.82, 2.24) is 25.2 Å². The van der Waals surface area contributed by atoms with Crippen molar-refractivity contribution >= 4 is 29.8 Å². The van der Waals surface area contributed by atoms with Gasteiger partial charge in [0.05, 0.1) is 25.8 Å². The van der Waals surface area contributed by atoms with Gasteiger partial charge in [-0.05, 0) is 40.5 Å². The highest BCUT2D eigenvalue weighted by molar-refractivity contribution is 5.97. The molecule has 2 fully saturated rings. The van der Waals surface area contributed by atoms with Crippen LogP contribution in [0.3, 0.4) is 0 Å². The number of nitrogens with one attached hydrogen (secondary N) is 1. The highest BCUT2D eigenvalue weighted by Crippen LogP contribution is 2.24. The lowest BCUT2D eigenvalue weighted by Crippen LogP contribution is -2.55. The van der Waals surface area contributed by atoms with E-state index >= 15 is 0 Å². The number of hydrogen-bond acceptors (Lipinski definition) is 12. The number of nitrogens with zero attached hydrogens (tertiary/aromatic N) is 5. The molecular weight excluding hydrogens is 596 g/mol. The number of rotatable bonds is 11. The maximum absolute atomic E-state index is 13.8. The molecule has 0 aliphatic carbocycles. The standard InChI is InChI=1S/C32H44N6O8/c1-6-44-31(42)46-38-18-16-36(17-19-38)30(41)24(12-13-27(39)45-32(2,3)4)34-29(40)25-20-26(37-15-14-23(21-37)43-5)35-28(33-25)22-10-8-7-9-11-22/h7-11,20,23-24H,6,12-19,21H2,1-5H3,(H,34,40)/t23-,24?/m0/s1. The fourth-order valence-corrected chi connectivity index (χ4v) is 5.17. The summed E-state index contributed by atoms with van der Waals surface area (Å²) in [5.41, 5.74) is 0.131. The third-order valence-electron chi connectivity index (χ3n) is 7.46. The van der Waals surface area contributed by atoms with Gasteiger partial charge in [-0.1, -0.05) is 30.3 Å². The van der Waals surface area contributed by atoms with Gasteiger partial charge in [0.1, 0.15) is 23.2 Å². The number of aromatic nitrogens is 2. The normalized spacial score (nSPS) is 17.7. The molecule has 46 heavy (non-hydrogen) atoms. The minimum atomic E-state index is -1.04. The van der Waals surface area contributed by atoms with Crippen LogP contribution >= 0.6 is 0 Å². The second-order valence-corrected chi connectivity index (χ2v) is 12.1. The Labute approximate surface area is 269 Å². The smallest absolute Gasteiger partial charge is 0.460 e. The van der Waals surface area contributed by atoms with Gasteiger partial charge in [0.2, 0.25) is 5.91 Å². The number of carbonyl (C=O) groups is 4. The van der Waals surface area contributed by atoms with E-state index in [0.717, 1.165) is 12.0 Å². The lowest BCUT2D eigenvalue weighted by atomic mass is 10.1. The molecule has 0 bridgehead atoms. The van der Waals surface area contributed by atoms with Gasteiger partial charge in [0, 0.05) is 51.3 Å². The van der Waals surface area contributed by atoms with Gasteiger partial charge in [0.15, 0.2) is 5.82 Å². The Kier molecular flexibility index (Phi) is 11.9. The molecule has 0 spiro atoms. The minimum absolute atomic E-state index is 0.0180. The lowest BCUT2D eigenvalue weighted by Gasteiger charge is -2.35. The lowest BCUT2D eigenvalue weighted by molar-refractivity contribution is -0.158. The van der Waals surface area contributed by atoms with Crippen molar-refractivity contribution in [2.24, 2.45) is 0 Å². The van der Waals surface area contributed by atoms with E-state index in [1.165, 1.54) is 5.06 Å². The van der Waals surface area contributed by atoms with E-state index in [9.17, 15) is 19.2 Å². The molecule has 0 saturated carbocycles. The average Bonchev–Trinajstić information content (AvgIpc) is 3.52. The molecular formula is C32H44N6O8. The zero-order chi connectivity index (χ0) is 33.3. The summed E-state index contributed by atoms with van der Waals surface area (Å²) in [7, 11) is 1.67. The average molecular weight is 641 g/mol. The molecule has 1 aromatic carbocycles. The van der Waals surface area contributed by atoms with E-state index in [-0.39, 0.29) is 63.3 Å². The van der Waals surface area contributed by atoms with E-state index in [0.29, 0.717) is 24.7 Å². The molecule has 2 saturated heterocycles. The summed E-state index contributed by atoms with van der Waals surface area (Å²) in [5, 5.41) is 4.26. The van der Waals surface area contributed by atoms with Crippen molar-refractivity contribution < 1.29 is 38.2 Å². The van der Waals surface area contributed by atoms with Crippen LogP contribution in [-0.4, -0.2) is 115 Å². The largest absolute Gasteiger partial charge is 0.527 e. The summed E-state index contributed by atoms with van der Waals surface area (Å²) in [4.78, 5) is 70.0. The first-order valence-corrected chi connectivity index (χ1v) is 15.6. The number of benzene rings is 1. The highest BCUT2D eigenvalue weighted by atomic mass is 16.8. The van der Waals surface area contributed by atoms with Crippen molar-refractivity contribution in [3.8, 4) is 11.4 Å². The zero-order valence-electron chi connectivity index (χ0n) is 27.2. The first-order valence-electron chi connectivity index (χ1n) is 15.6. The monoisotopic (exact) mass is 640 g/mol. The molecule has 1 unspecified atom stereocenters. The SMILES string of the molecule is CCOC(=O)ON1CCN(C(=O)C(CCC(=O)OC(C)(C)C)NC(=O)c2cc(N3CC[C@H](OC)C3)nc(-c3ccccc3)n2)CC1. The maximum atomic E-state index is 13.8. The number of hydroxylamine groups is 2. The van der Waals surface area contributed by atoms with Gasteiger partial charge in [-0.15, -0.1) is 5.06 Å². The van der Waals surface area contributed by atoms with Gasteiger partial charge in [-0.3, -0.25) is 14.4 Å². The van der Waals surface area contributed by atoms with Crippen LogP contribution < -0.4 is 10.2 Å². The Bertz CT molecular complexity index is 1360. The number of methoxy groups -OCH3 is 1. The Morgan fingerprint density at radius 2 is 1.74 bits per heavy atom. The quantitative estimate of drug-likeness (QED) is 0.360. The number of anilines is 1. The molecule has 3 heterocycles. The second kappa shape index (κ2) is 15.8. The summed E-state index contributed by atoms with van der Waals surface area (Å²) < 4.78 is 15.8. The molecule has 4 rings (SSSR count). The summed E-state index contributed by atoms with van der Waals surface area (Å²) in [5.74, 6) is -0.473. The Morgan fingerprint density at radius 1 is 1.02 bits per heavy atom. The van der Waals surface area contributed by atoms with Crippen LogP contribution in [0.15, 0.2) is 36.4 Å². The van der Waals surface area contributed by atoms with Gasteiger partial charge < -0.3 is 34.2 Å². The first-order chi connectivity index (χ1) is 22.0. The number of ether oxygens (including phenoxy) is 3. The van der Waals surface area contributed by atoms with Gasteiger partial charge in [-0.2, -0.15) is 0 Å². The summed E-state index contributed by atoms with van der Waals surface area (Å²) in [6.07, 6.45) is -0.0105. The second-order valence-electron chi connectivity index (χ2n) is 12.1. The molecule has 1 N–H and O–H groups in total. The van der Waals surface area contributed by atoms with Crippen LogP contribution in [0.1, 0.15) is 57.4 Å². The molecule has 2 aliphatic heterocycles. The minimum Gasteiger partial charge on any atom is -0.460 e.